The molecule has 0 bridgehead atoms. The van der Waals surface area contributed by atoms with E-state index in [0.717, 1.165) is 4.90 Å². The number of carbonyl (C=O) groups excluding carboxylic acids is 2. The van der Waals surface area contributed by atoms with Crippen molar-refractivity contribution in [2.24, 2.45) is 0 Å². The zero-order valence-corrected chi connectivity index (χ0v) is 12.2. The lowest BCUT2D eigenvalue weighted by molar-refractivity contribution is -0.384. The molecule has 1 N–H and O–H groups in total. The number of nitrogens with zero attached hydrogens (tertiary/aromatic N) is 2. The summed E-state index contributed by atoms with van der Waals surface area (Å²) in [5.74, 6) is 1.05. The molecule has 1 aliphatic heterocycles. The molecule has 9 heteroatoms. The topological polar surface area (TPSA) is 111 Å². The van der Waals surface area contributed by atoms with Gasteiger partial charge in [0.25, 0.3) is 5.69 Å². The molecule has 3 rings (SSSR count). The first-order valence-corrected chi connectivity index (χ1v) is 6.78. The van der Waals surface area contributed by atoms with Crippen LogP contribution in [-0.4, -0.2) is 24.2 Å². The van der Waals surface area contributed by atoms with E-state index in [2.05, 4.69) is 5.32 Å². The van der Waals surface area contributed by atoms with Crippen molar-refractivity contribution in [1.82, 2.24) is 0 Å². The lowest BCUT2D eigenvalue weighted by atomic mass is 10.2. The van der Waals surface area contributed by atoms with Gasteiger partial charge < -0.3 is 14.8 Å². The lowest BCUT2D eigenvalue weighted by Crippen LogP contribution is -2.33. The fraction of sp³-hybridized carbons (Fsp3) is 0.0667. The van der Waals surface area contributed by atoms with E-state index >= 15 is 0 Å². The van der Waals surface area contributed by atoms with Crippen LogP contribution in [0, 0.1) is 10.1 Å². The summed E-state index contributed by atoms with van der Waals surface area (Å²) in [6, 6.07) is 9.13. The summed E-state index contributed by atoms with van der Waals surface area (Å²) in [7, 11) is 0. The first-order valence-electron chi connectivity index (χ1n) is 6.78. The summed E-state index contributed by atoms with van der Waals surface area (Å²) >= 11 is 0. The molecule has 1 heterocycles. The number of imide groups is 1. The number of hydrogen-bond donors (Lipinski definition) is 1. The maximum Gasteiger partial charge on any atom is 0.332 e. The van der Waals surface area contributed by atoms with Gasteiger partial charge in [-0.05, 0) is 24.3 Å². The van der Waals surface area contributed by atoms with Crippen LogP contribution in [0.15, 0.2) is 42.5 Å². The number of nitro groups is 1. The Hall–Kier alpha value is -3.62. The number of rotatable bonds is 4. The molecular weight excluding hydrogens is 318 g/mol. The molecule has 24 heavy (non-hydrogen) atoms. The molecule has 2 aromatic carbocycles. The third-order valence-electron chi connectivity index (χ3n) is 3.29. The van der Waals surface area contributed by atoms with Gasteiger partial charge in [0.2, 0.25) is 13.2 Å². The summed E-state index contributed by atoms with van der Waals surface area (Å²) in [5.41, 5.74) is 0.479. The van der Waals surface area contributed by atoms with Crippen molar-refractivity contribution in [3.63, 3.8) is 0 Å². The average molecular weight is 329 g/mol. The van der Waals surface area contributed by atoms with Gasteiger partial charge in [-0.1, -0.05) is 0 Å². The van der Waals surface area contributed by atoms with Gasteiger partial charge in [-0.15, -0.1) is 0 Å². The van der Waals surface area contributed by atoms with Crippen LogP contribution in [0.5, 0.6) is 11.5 Å². The molecule has 0 fully saturated rings. The third-order valence-corrected chi connectivity index (χ3v) is 3.29. The van der Waals surface area contributed by atoms with E-state index in [0.29, 0.717) is 23.6 Å². The van der Waals surface area contributed by atoms with Gasteiger partial charge in [-0.3, -0.25) is 14.9 Å². The van der Waals surface area contributed by atoms with Gasteiger partial charge in [0.1, 0.15) is 0 Å². The summed E-state index contributed by atoms with van der Waals surface area (Å²) in [4.78, 5) is 34.3. The molecule has 9 nitrogen and oxygen atoms in total. The SMILES string of the molecule is O=CN(C(=O)Nc1ccc2c(c1)OCO2)c1ccc([N+](=O)[O-])cc1. The number of benzene rings is 2. The largest absolute Gasteiger partial charge is 0.454 e. The smallest absolute Gasteiger partial charge is 0.332 e. The minimum absolute atomic E-state index is 0.107. The van der Waals surface area contributed by atoms with Crippen LogP contribution in [0.1, 0.15) is 0 Å². The molecule has 0 spiro atoms. The molecule has 0 unspecified atom stereocenters. The van der Waals surface area contributed by atoms with E-state index in [1.807, 2.05) is 0 Å². The Morgan fingerprint density at radius 2 is 1.88 bits per heavy atom. The maximum absolute atomic E-state index is 12.2. The number of ether oxygens (including phenoxy) is 2. The fourth-order valence-electron chi connectivity index (χ4n) is 2.12. The third kappa shape index (κ3) is 2.95. The van der Waals surface area contributed by atoms with Crippen molar-refractivity contribution >= 4 is 29.5 Å². The van der Waals surface area contributed by atoms with Crippen LogP contribution >= 0.6 is 0 Å². The summed E-state index contributed by atoms with van der Waals surface area (Å²) in [5, 5.41) is 13.2. The summed E-state index contributed by atoms with van der Waals surface area (Å²) < 4.78 is 10.4. The lowest BCUT2D eigenvalue weighted by Gasteiger charge is -2.16. The number of fused-ring (bicyclic) bond motifs is 1. The summed E-state index contributed by atoms with van der Waals surface area (Å²) in [6.45, 7) is 0.107. The summed E-state index contributed by atoms with van der Waals surface area (Å²) in [6.07, 6.45) is 0.323. The number of hydrogen-bond acceptors (Lipinski definition) is 6. The first kappa shape index (κ1) is 15.3. The second-order valence-corrected chi connectivity index (χ2v) is 4.75. The Morgan fingerprint density at radius 1 is 1.17 bits per heavy atom. The molecule has 0 saturated heterocycles. The normalized spacial score (nSPS) is 11.7. The molecule has 122 valence electrons. The van der Waals surface area contributed by atoms with Gasteiger partial charge in [-0.2, -0.15) is 0 Å². The molecule has 1 aliphatic rings. The van der Waals surface area contributed by atoms with E-state index in [-0.39, 0.29) is 18.2 Å². The zero-order valence-electron chi connectivity index (χ0n) is 12.2. The number of amides is 3. The number of urea groups is 1. The standard InChI is InChI=1S/C15H11N3O6/c19-8-17(11-2-4-12(5-3-11)18(21)22)15(20)16-10-1-6-13-14(7-10)24-9-23-13/h1-8H,9H2,(H,16,20). The molecule has 0 saturated carbocycles. The fourth-order valence-corrected chi connectivity index (χ4v) is 2.12. The van der Waals surface area contributed by atoms with E-state index in [1.165, 1.54) is 24.3 Å². The Bertz CT molecular complexity index is 805. The predicted molar refractivity (Wildman–Crippen MR) is 83.2 cm³/mol. The number of carbonyl (C=O) groups is 2. The first-order chi connectivity index (χ1) is 11.6. The Morgan fingerprint density at radius 3 is 2.54 bits per heavy atom. The molecule has 0 aromatic heterocycles. The van der Waals surface area contributed by atoms with Crippen molar-refractivity contribution in [2.75, 3.05) is 17.0 Å². The molecule has 0 aliphatic carbocycles. The maximum atomic E-state index is 12.2. The Balaban J connectivity index is 1.76. The highest BCUT2D eigenvalue weighted by Crippen LogP contribution is 2.34. The zero-order chi connectivity index (χ0) is 17.1. The highest BCUT2D eigenvalue weighted by atomic mass is 16.7. The number of anilines is 2. The van der Waals surface area contributed by atoms with Crippen LogP contribution in [-0.2, 0) is 4.79 Å². The Labute approximate surface area is 135 Å². The van der Waals surface area contributed by atoms with Gasteiger partial charge >= 0.3 is 6.03 Å². The highest BCUT2D eigenvalue weighted by molar-refractivity contribution is 6.12. The van der Waals surface area contributed by atoms with Crippen LogP contribution < -0.4 is 19.7 Å². The van der Waals surface area contributed by atoms with E-state index in [9.17, 15) is 19.7 Å². The second-order valence-electron chi connectivity index (χ2n) is 4.75. The van der Waals surface area contributed by atoms with Crippen LogP contribution in [0.2, 0.25) is 0 Å². The predicted octanol–water partition coefficient (Wildman–Crippen LogP) is 2.52. The van der Waals surface area contributed by atoms with Crippen molar-refractivity contribution in [2.45, 2.75) is 0 Å². The number of nitro benzene ring substituents is 1. The van der Waals surface area contributed by atoms with E-state index < -0.39 is 11.0 Å². The van der Waals surface area contributed by atoms with Crippen molar-refractivity contribution < 1.29 is 24.0 Å². The second kappa shape index (κ2) is 6.24. The minimum atomic E-state index is -0.710. The van der Waals surface area contributed by atoms with Gasteiger partial charge in [-0.25, -0.2) is 9.69 Å². The van der Waals surface area contributed by atoms with Crippen molar-refractivity contribution in [3.8, 4) is 11.5 Å². The number of non-ortho nitro benzene ring substituents is 1. The van der Waals surface area contributed by atoms with E-state index in [4.69, 9.17) is 9.47 Å². The van der Waals surface area contributed by atoms with Crippen LogP contribution in [0.25, 0.3) is 0 Å². The Kier molecular flexibility index (Phi) is 3.98. The van der Waals surface area contributed by atoms with Gasteiger partial charge in [0, 0.05) is 23.9 Å². The van der Waals surface area contributed by atoms with Crippen LogP contribution in [0.3, 0.4) is 0 Å². The minimum Gasteiger partial charge on any atom is -0.454 e. The van der Waals surface area contributed by atoms with Crippen LogP contribution in [0.4, 0.5) is 21.9 Å². The molecular formula is C15H11N3O6. The monoisotopic (exact) mass is 329 g/mol. The molecule has 3 amide bonds. The molecule has 0 atom stereocenters. The molecule has 2 aromatic rings. The number of nitrogens with one attached hydrogen (secondary N) is 1. The van der Waals surface area contributed by atoms with Gasteiger partial charge in [0.15, 0.2) is 11.5 Å². The van der Waals surface area contributed by atoms with Crippen molar-refractivity contribution in [3.05, 3.63) is 52.6 Å². The molecule has 0 radical (unpaired) electrons. The average Bonchev–Trinajstić information content (AvgIpc) is 3.03. The van der Waals surface area contributed by atoms with Crippen molar-refractivity contribution in [1.29, 1.82) is 0 Å². The highest BCUT2D eigenvalue weighted by Gasteiger charge is 2.18. The van der Waals surface area contributed by atoms with E-state index in [1.54, 1.807) is 18.2 Å². The quantitative estimate of drug-likeness (QED) is 0.524. The van der Waals surface area contributed by atoms with Gasteiger partial charge in [0.05, 0.1) is 10.6 Å².